The fraction of sp³-hybridized carbons (Fsp3) is 0.189. The van der Waals surface area contributed by atoms with Gasteiger partial charge in [-0.2, -0.15) is 9.83 Å². The number of furan rings is 1. The quantitative estimate of drug-likeness (QED) is 0.209. The van der Waals surface area contributed by atoms with Crippen LogP contribution in [0, 0.1) is 29.5 Å². The standard InChI is InChI=1S/C37H32FN2O/c1-23-11-17-29-30-18-16-27(21-39)34(26-14-12-25(13-15-26)24-9-7-6-8-10-24)36(30)41-35(29)33(23)32-19-28(20-37(2,3)4)31(38)22-40(32)5/h6-19,22H,20H2,1-5H3/q+1/i20D2. The number of hydrogen-bond donors (Lipinski definition) is 0. The van der Waals surface area contributed by atoms with Gasteiger partial charge in [0.2, 0.25) is 11.9 Å². The van der Waals surface area contributed by atoms with Crippen LogP contribution in [0.15, 0.2) is 95.5 Å². The first-order valence-electron chi connectivity index (χ1n) is 14.7. The minimum absolute atomic E-state index is 0.00609. The molecule has 0 N–H and O–H groups in total. The van der Waals surface area contributed by atoms with Crippen molar-refractivity contribution in [3.05, 3.63) is 114 Å². The average Bonchev–Trinajstić information content (AvgIpc) is 3.35. The third kappa shape index (κ3) is 4.78. The van der Waals surface area contributed by atoms with Gasteiger partial charge in [-0.25, -0.2) is 4.39 Å². The Bertz CT molecular complexity index is 2070. The number of halogens is 1. The van der Waals surface area contributed by atoms with E-state index in [1.165, 1.54) is 6.20 Å². The number of aryl methyl sites for hydroxylation is 2. The second-order valence-corrected chi connectivity index (χ2v) is 11.6. The second kappa shape index (κ2) is 10.0. The van der Waals surface area contributed by atoms with E-state index >= 15 is 4.39 Å². The summed E-state index contributed by atoms with van der Waals surface area (Å²) in [6, 6.07) is 29.9. The van der Waals surface area contributed by atoms with E-state index in [-0.39, 0.29) is 5.56 Å². The van der Waals surface area contributed by atoms with Crippen LogP contribution in [0.1, 0.15) is 40.2 Å². The molecule has 202 valence electrons. The van der Waals surface area contributed by atoms with Gasteiger partial charge in [0.1, 0.15) is 18.2 Å². The zero-order chi connectivity index (χ0) is 30.7. The van der Waals surface area contributed by atoms with Gasteiger partial charge < -0.3 is 4.42 Å². The third-order valence-corrected chi connectivity index (χ3v) is 7.41. The zero-order valence-electron chi connectivity index (χ0n) is 25.8. The summed E-state index contributed by atoms with van der Waals surface area (Å²) >= 11 is 0. The largest absolute Gasteiger partial charge is 0.454 e. The second-order valence-electron chi connectivity index (χ2n) is 11.6. The first-order chi connectivity index (χ1) is 20.4. The molecule has 6 aromatic rings. The van der Waals surface area contributed by atoms with Gasteiger partial charge in [0.05, 0.1) is 17.2 Å². The Hall–Kier alpha value is -4.75. The molecule has 0 atom stereocenters. The van der Waals surface area contributed by atoms with Crippen LogP contribution in [0.5, 0.6) is 0 Å². The highest BCUT2D eigenvalue weighted by Gasteiger charge is 2.26. The molecule has 0 aliphatic rings. The maximum atomic E-state index is 15.3. The molecule has 6 rings (SSSR count). The van der Waals surface area contributed by atoms with E-state index in [9.17, 15) is 5.26 Å². The number of benzene rings is 4. The maximum absolute atomic E-state index is 15.3. The minimum atomic E-state index is -1.92. The molecule has 4 aromatic carbocycles. The predicted molar refractivity (Wildman–Crippen MR) is 164 cm³/mol. The Balaban J connectivity index is 1.60. The molecule has 0 radical (unpaired) electrons. The summed E-state index contributed by atoms with van der Waals surface area (Å²) in [5.41, 5.74) is 6.96. The Morgan fingerprint density at radius 3 is 2.12 bits per heavy atom. The van der Waals surface area contributed by atoms with Crippen LogP contribution in [0.3, 0.4) is 0 Å². The van der Waals surface area contributed by atoms with Crippen molar-refractivity contribution >= 4 is 21.9 Å². The molecule has 0 spiro atoms. The van der Waals surface area contributed by atoms with Crippen molar-refractivity contribution in [1.29, 1.82) is 5.26 Å². The molecule has 0 bridgehead atoms. The summed E-state index contributed by atoms with van der Waals surface area (Å²) < 4.78 is 41.3. The third-order valence-electron chi connectivity index (χ3n) is 7.41. The van der Waals surface area contributed by atoms with Crippen LogP contribution in [0.2, 0.25) is 0 Å². The van der Waals surface area contributed by atoms with E-state index in [1.807, 2.05) is 73.7 Å². The molecule has 0 saturated carbocycles. The number of nitrogens with zero attached hydrogens (tertiary/aromatic N) is 2. The van der Waals surface area contributed by atoms with Gasteiger partial charge in [0.15, 0.2) is 5.82 Å². The van der Waals surface area contributed by atoms with Crippen molar-refractivity contribution in [2.24, 2.45) is 12.5 Å². The van der Waals surface area contributed by atoms with Gasteiger partial charge in [-0.15, -0.1) is 0 Å². The van der Waals surface area contributed by atoms with Crippen molar-refractivity contribution in [1.82, 2.24) is 0 Å². The Labute approximate surface area is 242 Å². The van der Waals surface area contributed by atoms with Gasteiger partial charge >= 0.3 is 0 Å². The van der Waals surface area contributed by atoms with Gasteiger partial charge in [-0.3, -0.25) is 0 Å². The zero-order valence-corrected chi connectivity index (χ0v) is 23.8. The van der Waals surface area contributed by atoms with E-state index in [1.54, 1.807) is 38.5 Å². The smallest absolute Gasteiger partial charge is 0.216 e. The molecule has 0 saturated heterocycles. The van der Waals surface area contributed by atoms with Gasteiger partial charge in [0.25, 0.3) is 0 Å². The normalized spacial score (nSPS) is 12.8. The summed E-state index contributed by atoms with van der Waals surface area (Å²) in [4.78, 5) is 0. The van der Waals surface area contributed by atoms with Gasteiger partial charge in [0, 0.05) is 30.7 Å². The molecule has 41 heavy (non-hydrogen) atoms. The first-order valence-corrected chi connectivity index (χ1v) is 13.7. The summed E-state index contributed by atoms with van der Waals surface area (Å²) in [7, 11) is 1.75. The van der Waals surface area contributed by atoms with E-state index in [0.29, 0.717) is 28.0 Å². The number of pyridine rings is 1. The summed E-state index contributed by atoms with van der Waals surface area (Å²) in [6.07, 6.45) is -0.584. The Morgan fingerprint density at radius 1 is 0.854 bits per heavy atom. The van der Waals surface area contributed by atoms with Crippen molar-refractivity contribution in [2.75, 3.05) is 0 Å². The molecule has 0 aliphatic heterocycles. The van der Waals surface area contributed by atoms with E-state index < -0.39 is 17.6 Å². The minimum Gasteiger partial charge on any atom is -0.454 e. The molecule has 0 amide bonds. The van der Waals surface area contributed by atoms with Gasteiger partial charge in [-0.1, -0.05) is 87.5 Å². The van der Waals surface area contributed by atoms with Crippen molar-refractivity contribution < 1.29 is 16.1 Å². The van der Waals surface area contributed by atoms with E-state index in [2.05, 4.69) is 18.2 Å². The van der Waals surface area contributed by atoms with Crippen LogP contribution in [-0.4, -0.2) is 0 Å². The highest BCUT2D eigenvalue weighted by Crippen LogP contribution is 2.42. The number of nitriles is 1. The van der Waals surface area contributed by atoms with Crippen molar-refractivity contribution in [3.63, 3.8) is 0 Å². The fourth-order valence-electron chi connectivity index (χ4n) is 5.52. The first kappa shape index (κ1) is 24.1. The molecule has 2 heterocycles. The molecular formula is C37H32FN2O+. The lowest BCUT2D eigenvalue weighted by Gasteiger charge is -2.18. The SMILES string of the molecule is [2H]C([2H])(c1cc(-c2c(C)ccc3c2oc2c(-c4ccc(-c5ccccc5)cc4)c(C#N)ccc23)[n+](C)cc1F)C(C)(C)C. The predicted octanol–water partition coefficient (Wildman–Crippen LogP) is 9.32. The lowest BCUT2D eigenvalue weighted by molar-refractivity contribution is -0.662. The molecule has 2 aromatic heterocycles. The topological polar surface area (TPSA) is 40.8 Å². The van der Waals surface area contributed by atoms with Crippen LogP contribution in [0.4, 0.5) is 4.39 Å². The molecule has 4 heteroatoms. The highest BCUT2D eigenvalue weighted by atomic mass is 19.1. The number of aromatic nitrogens is 1. The fourth-order valence-corrected chi connectivity index (χ4v) is 5.52. The average molecular weight is 542 g/mol. The number of fused-ring (bicyclic) bond motifs is 3. The Kier molecular flexibility index (Phi) is 5.88. The monoisotopic (exact) mass is 541 g/mol. The lowest BCUT2D eigenvalue weighted by atomic mass is 9.87. The van der Waals surface area contributed by atoms with Crippen LogP contribution in [0.25, 0.3) is 55.4 Å². The van der Waals surface area contributed by atoms with E-state index in [0.717, 1.165) is 38.6 Å². The maximum Gasteiger partial charge on any atom is 0.216 e. The molecule has 0 unspecified atom stereocenters. The van der Waals surface area contributed by atoms with Crippen LogP contribution in [-0.2, 0) is 13.4 Å². The molecule has 0 aliphatic carbocycles. The molecule has 0 fully saturated rings. The lowest BCUT2D eigenvalue weighted by Crippen LogP contribution is -2.32. The summed E-state index contributed by atoms with van der Waals surface area (Å²) in [6.45, 7) is 7.27. The van der Waals surface area contributed by atoms with Crippen molar-refractivity contribution in [2.45, 2.75) is 34.1 Å². The molecule has 3 nitrogen and oxygen atoms in total. The Morgan fingerprint density at radius 2 is 1.46 bits per heavy atom. The van der Waals surface area contributed by atoms with Crippen molar-refractivity contribution in [3.8, 4) is 39.6 Å². The highest BCUT2D eigenvalue weighted by molar-refractivity contribution is 6.14. The summed E-state index contributed by atoms with van der Waals surface area (Å²) in [5.74, 6) is -0.597. The number of hydrogen-bond acceptors (Lipinski definition) is 2. The number of rotatable bonds is 4. The summed E-state index contributed by atoms with van der Waals surface area (Å²) in [5, 5.41) is 11.8. The van der Waals surface area contributed by atoms with E-state index in [4.69, 9.17) is 7.16 Å². The molecular weight excluding hydrogens is 507 g/mol. The van der Waals surface area contributed by atoms with Gasteiger partial charge in [-0.05, 0) is 53.1 Å². The van der Waals surface area contributed by atoms with Crippen LogP contribution < -0.4 is 4.57 Å². The van der Waals surface area contributed by atoms with Crippen LogP contribution >= 0.6 is 0 Å².